The van der Waals surface area contributed by atoms with E-state index in [1.807, 2.05) is 0 Å². The second-order valence-corrected chi connectivity index (χ2v) is 8.75. The Balaban J connectivity index is 1.78. The molecule has 2 aliphatic rings. The third-order valence-corrected chi connectivity index (χ3v) is 6.84. The Morgan fingerprint density at radius 2 is 1.88 bits per heavy atom. The maximum atomic E-state index is 12.7. The zero-order chi connectivity index (χ0) is 17.3. The van der Waals surface area contributed by atoms with Crippen molar-refractivity contribution in [3.05, 3.63) is 11.9 Å². The molecule has 1 aliphatic heterocycles. The van der Waals surface area contributed by atoms with Crippen LogP contribution >= 0.6 is 0 Å². The molecular formula is C16H28N4O3S. The van der Waals surface area contributed by atoms with Gasteiger partial charge in [0.1, 0.15) is 4.90 Å². The molecule has 0 radical (unpaired) electrons. The summed E-state index contributed by atoms with van der Waals surface area (Å²) in [5.41, 5.74) is 0.476. The molecule has 1 aliphatic carbocycles. The first kappa shape index (κ1) is 17.8. The van der Waals surface area contributed by atoms with Gasteiger partial charge >= 0.3 is 0 Å². The quantitative estimate of drug-likeness (QED) is 0.778. The number of aromatic nitrogens is 2. The van der Waals surface area contributed by atoms with Crippen LogP contribution in [0.2, 0.25) is 0 Å². The molecule has 8 heteroatoms. The second kappa shape index (κ2) is 7.11. The molecule has 0 amide bonds. The van der Waals surface area contributed by atoms with Crippen molar-refractivity contribution in [1.82, 2.24) is 19.4 Å². The second-order valence-electron chi connectivity index (χ2n) is 7.07. The summed E-state index contributed by atoms with van der Waals surface area (Å²) in [6.45, 7) is 3.69. The van der Waals surface area contributed by atoms with Crippen LogP contribution in [-0.4, -0.2) is 59.5 Å². The fourth-order valence-corrected chi connectivity index (χ4v) is 5.54. The predicted molar refractivity (Wildman–Crippen MR) is 91.1 cm³/mol. The van der Waals surface area contributed by atoms with Gasteiger partial charge < -0.3 is 5.11 Å². The molecule has 1 saturated carbocycles. The van der Waals surface area contributed by atoms with E-state index < -0.39 is 22.2 Å². The van der Waals surface area contributed by atoms with E-state index in [0.717, 1.165) is 45.2 Å². The summed E-state index contributed by atoms with van der Waals surface area (Å²) in [5, 5.41) is 15.0. The van der Waals surface area contributed by atoms with E-state index in [4.69, 9.17) is 0 Å². The largest absolute Gasteiger partial charge is 0.390 e. The fourth-order valence-electron chi connectivity index (χ4n) is 4.03. The maximum Gasteiger partial charge on any atom is 0.244 e. The van der Waals surface area contributed by atoms with Crippen molar-refractivity contribution >= 4 is 10.0 Å². The van der Waals surface area contributed by atoms with Crippen LogP contribution in [0, 0.1) is 6.92 Å². The lowest BCUT2D eigenvalue weighted by Crippen LogP contribution is -2.52. The van der Waals surface area contributed by atoms with Crippen LogP contribution in [0.1, 0.15) is 44.2 Å². The van der Waals surface area contributed by atoms with Gasteiger partial charge in [0, 0.05) is 25.3 Å². The third kappa shape index (κ3) is 3.66. The van der Waals surface area contributed by atoms with E-state index in [2.05, 4.69) is 14.7 Å². The normalized spacial score (nSPS) is 29.7. The Kier molecular flexibility index (Phi) is 5.29. The van der Waals surface area contributed by atoms with Gasteiger partial charge in [-0.25, -0.2) is 13.1 Å². The average molecular weight is 356 g/mol. The van der Waals surface area contributed by atoms with Crippen molar-refractivity contribution < 1.29 is 13.5 Å². The van der Waals surface area contributed by atoms with Crippen LogP contribution in [-0.2, 0) is 17.1 Å². The highest BCUT2D eigenvalue weighted by molar-refractivity contribution is 7.89. The summed E-state index contributed by atoms with van der Waals surface area (Å²) >= 11 is 0. The summed E-state index contributed by atoms with van der Waals surface area (Å²) in [4.78, 5) is 2.52. The van der Waals surface area contributed by atoms with Crippen LogP contribution in [0.25, 0.3) is 0 Å². The van der Waals surface area contributed by atoms with Crippen molar-refractivity contribution in [1.29, 1.82) is 0 Å². The van der Waals surface area contributed by atoms with Gasteiger partial charge in [0.15, 0.2) is 0 Å². The number of sulfonamides is 1. The number of hydrogen-bond donors (Lipinski definition) is 2. The molecule has 24 heavy (non-hydrogen) atoms. The lowest BCUT2D eigenvalue weighted by atomic mass is 10.0. The minimum absolute atomic E-state index is 0.0534. The van der Waals surface area contributed by atoms with Gasteiger partial charge in [-0.2, -0.15) is 5.10 Å². The van der Waals surface area contributed by atoms with E-state index in [1.165, 1.54) is 10.9 Å². The molecule has 2 N–H and O–H groups in total. The highest BCUT2D eigenvalue weighted by atomic mass is 32.2. The van der Waals surface area contributed by atoms with Crippen molar-refractivity contribution in [2.75, 3.05) is 13.1 Å². The van der Waals surface area contributed by atoms with Gasteiger partial charge in [0.05, 0.1) is 11.8 Å². The molecule has 1 saturated heterocycles. The summed E-state index contributed by atoms with van der Waals surface area (Å²) in [5.74, 6) is 0. The Bertz CT molecular complexity index is 667. The molecule has 3 rings (SSSR count). The first-order valence-electron chi connectivity index (χ1n) is 8.83. The molecule has 136 valence electrons. The predicted octanol–water partition coefficient (Wildman–Crippen LogP) is 0.775. The summed E-state index contributed by atoms with van der Waals surface area (Å²) < 4.78 is 29.7. The van der Waals surface area contributed by atoms with Gasteiger partial charge in [-0.05, 0) is 45.7 Å². The average Bonchev–Trinajstić information content (AvgIpc) is 3.11. The highest BCUT2D eigenvalue weighted by Crippen LogP contribution is 2.27. The minimum atomic E-state index is -3.68. The van der Waals surface area contributed by atoms with Crippen molar-refractivity contribution in [3.8, 4) is 0 Å². The van der Waals surface area contributed by atoms with Gasteiger partial charge in [0.2, 0.25) is 10.0 Å². The zero-order valence-corrected chi connectivity index (χ0v) is 15.3. The standard InChI is InChI=1S/C16H28N4O3S/c1-12-15(11-19(2)17-12)24(22,23)18-13-7-3-4-8-14(16(13)21)20-9-5-6-10-20/h11,13-14,16,18,21H,3-10H2,1-2H3/t13-,14-,16-/m1/s1. The van der Waals surface area contributed by atoms with Crippen LogP contribution in [0.15, 0.2) is 11.1 Å². The number of hydrogen-bond acceptors (Lipinski definition) is 5. The van der Waals surface area contributed by atoms with Crippen LogP contribution < -0.4 is 4.72 Å². The van der Waals surface area contributed by atoms with Crippen LogP contribution in [0.4, 0.5) is 0 Å². The number of likely N-dealkylation sites (tertiary alicyclic amines) is 1. The summed E-state index contributed by atoms with van der Waals surface area (Å²) in [6.07, 6.45) is 6.73. The van der Waals surface area contributed by atoms with Crippen LogP contribution in [0.3, 0.4) is 0 Å². The lowest BCUT2D eigenvalue weighted by Gasteiger charge is -2.34. The van der Waals surface area contributed by atoms with Crippen molar-refractivity contribution in [3.63, 3.8) is 0 Å². The summed E-state index contributed by atoms with van der Waals surface area (Å²) in [7, 11) is -1.97. The maximum absolute atomic E-state index is 12.7. The van der Waals surface area contributed by atoms with E-state index in [-0.39, 0.29) is 10.9 Å². The minimum Gasteiger partial charge on any atom is -0.390 e. The first-order valence-corrected chi connectivity index (χ1v) is 10.3. The molecule has 0 bridgehead atoms. The lowest BCUT2D eigenvalue weighted by molar-refractivity contribution is 0.0409. The molecule has 0 aromatic carbocycles. The Labute approximate surface area is 144 Å². The number of aryl methyl sites for hydroxylation is 2. The Morgan fingerprint density at radius 3 is 2.50 bits per heavy atom. The number of rotatable bonds is 4. The molecule has 1 aromatic rings. The number of aliphatic hydroxyl groups is 1. The molecule has 2 heterocycles. The van der Waals surface area contributed by atoms with E-state index in [0.29, 0.717) is 12.1 Å². The number of nitrogens with one attached hydrogen (secondary N) is 1. The number of aliphatic hydroxyl groups excluding tert-OH is 1. The van der Waals surface area contributed by atoms with Gasteiger partial charge in [0.25, 0.3) is 0 Å². The Morgan fingerprint density at radius 1 is 1.21 bits per heavy atom. The molecule has 0 spiro atoms. The van der Waals surface area contributed by atoms with Gasteiger partial charge in [-0.1, -0.05) is 12.8 Å². The molecule has 0 unspecified atom stereocenters. The van der Waals surface area contributed by atoms with Gasteiger partial charge in [-0.3, -0.25) is 9.58 Å². The zero-order valence-electron chi connectivity index (χ0n) is 14.5. The Hall–Kier alpha value is -0.960. The van der Waals surface area contributed by atoms with Crippen molar-refractivity contribution in [2.45, 2.75) is 68.5 Å². The van der Waals surface area contributed by atoms with E-state index in [9.17, 15) is 13.5 Å². The SMILES string of the molecule is Cc1nn(C)cc1S(=O)(=O)N[C@@H]1CCCC[C@@H](N2CCCC2)[C@@H]1O. The van der Waals surface area contributed by atoms with Gasteiger partial charge in [-0.15, -0.1) is 0 Å². The molecular weight excluding hydrogens is 328 g/mol. The van der Waals surface area contributed by atoms with E-state index >= 15 is 0 Å². The number of nitrogens with zero attached hydrogens (tertiary/aromatic N) is 3. The smallest absolute Gasteiger partial charge is 0.244 e. The third-order valence-electron chi connectivity index (χ3n) is 5.25. The molecule has 3 atom stereocenters. The van der Waals surface area contributed by atoms with Crippen LogP contribution in [0.5, 0.6) is 0 Å². The molecule has 1 aromatic heterocycles. The van der Waals surface area contributed by atoms with Crippen molar-refractivity contribution in [2.24, 2.45) is 7.05 Å². The molecule has 7 nitrogen and oxygen atoms in total. The summed E-state index contributed by atoms with van der Waals surface area (Å²) in [6, 6.07) is -0.389. The topological polar surface area (TPSA) is 87.5 Å². The fraction of sp³-hybridized carbons (Fsp3) is 0.812. The monoisotopic (exact) mass is 356 g/mol. The highest BCUT2D eigenvalue weighted by Gasteiger charge is 2.37. The van der Waals surface area contributed by atoms with E-state index in [1.54, 1.807) is 14.0 Å². The molecule has 2 fully saturated rings. The first-order chi connectivity index (χ1) is 11.4.